The Morgan fingerprint density at radius 1 is 1.38 bits per heavy atom. The molecule has 4 heteroatoms. The fourth-order valence-corrected chi connectivity index (χ4v) is 2.92. The number of fused-ring (bicyclic) bond motifs is 1. The number of nitrogens with one attached hydrogen (secondary N) is 1. The lowest BCUT2D eigenvalue weighted by Gasteiger charge is -2.42. The highest BCUT2D eigenvalue weighted by molar-refractivity contribution is 5.37. The Morgan fingerprint density at radius 3 is 3.25 bits per heavy atom. The smallest absolute Gasteiger partial charge is 0.151 e. The van der Waals surface area contributed by atoms with Crippen LogP contribution in [-0.4, -0.2) is 35.9 Å². The Hall–Kier alpha value is -1.16. The van der Waals surface area contributed by atoms with Crippen molar-refractivity contribution in [1.82, 2.24) is 15.5 Å². The zero-order valence-electron chi connectivity index (χ0n) is 9.47. The van der Waals surface area contributed by atoms with Crippen molar-refractivity contribution in [3.8, 4) is 0 Å². The molecule has 1 aromatic heterocycles. The van der Waals surface area contributed by atoms with Crippen LogP contribution in [0, 0.1) is 5.92 Å². The normalized spacial score (nSPS) is 29.9. The summed E-state index contributed by atoms with van der Waals surface area (Å²) >= 11 is 0. The maximum Gasteiger partial charge on any atom is 0.151 e. The Balaban J connectivity index is 1.71. The average Bonchev–Trinajstić information content (AvgIpc) is 2.39. The second kappa shape index (κ2) is 4.37. The Kier molecular flexibility index (Phi) is 2.74. The van der Waals surface area contributed by atoms with Crippen LogP contribution >= 0.6 is 0 Å². The van der Waals surface area contributed by atoms with Gasteiger partial charge in [0.15, 0.2) is 5.82 Å². The second-order valence-corrected chi connectivity index (χ2v) is 4.78. The van der Waals surface area contributed by atoms with Crippen molar-refractivity contribution >= 4 is 5.82 Å². The largest absolute Gasteiger partial charge is 0.355 e. The fraction of sp³-hybridized carbons (Fsp3) is 0.667. The van der Waals surface area contributed by atoms with E-state index in [1.165, 1.54) is 25.8 Å². The van der Waals surface area contributed by atoms with Gasteiger partial charge in [0.2, 0.25) is 0 Å². The quantitative estimate of drug-likeness (QED) is 0.765. The van der Waals surface area contributed by atoms with Crippen molar-refractivity contribution in [2.45, 2.75) is 25.3 Å². The number of hydrogen-bond acceptors (Lipinski definition) is 4. The van der Waals surface area contributed by atoms with Crippen LogP contribution in [0.2, 0.25) is 0 Å². The van der Waals surface area contributed by atoms with Crippen LogP contribution in [0.25, 0.3) is 0 Å². The molecule has 0 bridgehead atoms. The van der Waals surface area contributed by atoms with Gasteiger partial charge in [0.25, 0.3) is 0 Å². The molecule has 0 saturated carbocycles. The summed E-state index contributed by atoms with van der Waals surface area (Å²) < 4.78 is 0. The highest BCUT2D eigenvalue weighted by Crippen LogP contribution is 2.26. The molecular formula is C12H18N4. The molecule has 1 N–H and O–H groups in total. The molecule has 2 aliphatic heterocycles. The van der Waals surface area contributed by atoms with Gasteiger partial charge in [0.05, 0.1) is 0 Å². The molecule has 2 atom stereocenters. The molecule has 4 nitrogen and oxygen atoms in total. The van der Waals surface area contributed by atoms with Crippen molar-refractivity contribution < 1.29 is 0 Å². The third-order valence-corrected chi connectivity index (χ3v) is 3.77. The first-order valence-electron chi connectivity index (χ1n) is 6.19. The average molecular weight is 218 g/mol. The summed E-state index contributed by atoms with van der Waals surface area (Å²) in [7, 11) is 0. The number of aromatic nitrogens is 2. The standard InChI is InChI=1S/C12H18N4/c1-3-10-9-16(8-5-11(10)13-6-1)12-4-2-7-14-15-12/h2,4,7,10-11,13H,1,3,5-6,8-9H2. The molecule has 86 valence electrons. The van der Waals surface area contributed by atoms with E-state index in [-0.39, 0.29) is 0 Å². The van der Waals surface area contributed by atoms with Gasteiger partial charge in [-0.15, -0.1) is 5.10 Å². The monoisotopic (exact) mass is 218 g/mol. The maximum absolute atomic E-state index is 4.20. The van der Waals surface area contributed by atoms with E-state index in [1.54, 1.807) is 6.20 Å². The molecule has 2 unspecified atom stereocenters. The number of rotatable bonds is 1. The fourth-order valence-electron chi connectivity index (χ4n) is 2.92. The van der Waals surface area contributed by atoms with Gasteiger partial charge < -0.3 is 10.2 Å². The molecule has 2 saturated heterocycles. The molecule has 2 aliphatic rings. The van der Waals surface area contributed by atoms with E-state index in [0.29, 0.717) is 0 Å². The minimum atomic E-state index is 0.738. The Morgan fingerprint density at radius 2 is 2.38 bits per heavy atom. The number of piperidine rings is 2. The van der Waals surface area contributed by atoms with Crippen molar-refractivity contribution in [1.29, 1.82) is 0 Å². The molecule has 3 rings (SSSR count). The van der Waals surface area contributed by atoms with Gasteiger partial charge in [0.1, 0.15) is 0 Å². The van der Waals surface area contributed by atoms with Crippen LogP contribution < -0.4 is 10.2 Å². The van der Waals surface area contributed by atoms with Crippen molar-refractivity contribution in [2.24, 2.45) is 5.92 Å². The van der Waals surface area contributed by atoms with Crippen LogP contribution in [0.3, 0.4) is 0 Å². The van der Waals surface area contributed by atoms with Crippen molar-refractivity contribution in [2.75, 3.05) is 24.5 Å². The summed E-state index contributed by atoms with van der Waals surface area (Å²) in [5.41, 5.74) is 0. The van der Waals surface area contributed by atoms with Crippen LogP contribution in [0.4, 0.5) is 5.82 Å². The van der Waals surface area contributed by atoms with Crippen LogP contribution in [0.15, 0.2) is 18.3 Å². The summed E-state index contributed by atoms with van der Waals surface area (Å²) in [6.07, 6.45) is 5.64. The Bertz CT molecular complexity index is 340. The third kappa shape index (κ3) is 1.89. The maximum atomic E-state index is 4.20. The Labute approximate surface area is 96.1 Å². The topological polar surface area (TPSA) is 41.1 Å². The van der Waals surface area contributed by atoms with Crippen LogP contribution in [-0.2, 0) is 0 Å². The minimum Gasteiger partial charge on any atom is -0.355 e. The van der Waals surface area contributed by atoms with Crippen molar-refractivity contribution in [3.05, 3.63) is 18.3 Å². The predicted octanol–water partition coefficient (Wildman–Crippen LogP) is 1.05. The van der Waals surface area contributed by atoms with Crippen LogP contribution in [0.1, 0.15) is 19.3 Å². The SMILES string of the molecule is c1cnnc(N2CCC3NCCCC3C2)c1. The zero-order valence-corrected chi connectivity index (χ0v) is 9.47. The zero-order chi connectivity index (χ0) is 10.8. The van der Waals surface area contributed by atoms with Gasteiger partial charge in [-0.3, -0.25) is 0 Å². The predicted molar refractivity (Wildman–Crippen MR) is 63.4 cm³/mol. The lowest BCUT2D eigenvalue weighted by molar-refractivity contribution is 0.243. The molecule has 0 radical (unpaired) electrons. The lowest BCUT2D eigenvalue weighted by atomic mass is 9.85. The summed E-state index contributed by atoms with van der Waals surface area (Å²) in [5.74, 6) is 1.83. The molecule has 0 amide bonds. The van der Waals surface area contributed by atoms with E-state index in [1.807, 2.05) is 6.07 Å². The van der Waals surface area contributed by atoms with Gasteiger partial charge in [-0.1, -0.05) is 0 Å². The minimum absolute atomic E-state index is 0.738. The first kappa shape index (κ1) is 10.0. The third-order valence-electron chi connectivity index (χ3n) is 3.77. The summed E-state index contributed by atoms with van der Waals surface area (Å²) in [6, 6.07) is 4.76. The number of nitrogens with zero attached hydrogens (tertiary/aromatic N) is 3. The molecule has 0 aliphatic carbocycles. The first-order chi connectivity index (χ1) is 7.93. The molecule has 16 heavy (non-hydrogen) atoms. The molecule has 0 spiro atoms. The summed E-state index contributed by atoms with van der Waals surface area (Å²) in [6.45, 7) is 3.44. The highest BCUT2D eigenvalue weighted by Gasteiger charge is 2.31. The van der Waals surface area contributed by atoms with E-state index >= 15 is 0 Å². The van der Waals surface area contributed by atoms with Gasteiger partial charge in [-0.05, 0) is 43.9 Å². The molecule has 3 heterocycles. The van der Waals surface area contributed by atoms with Crippen molar-refractivity contribution in [3.63, 3.8) is 0 Å². The first-order valence-corrected chi connectivity index (χ1v) is 6.19. The number of anilines is 1. The second-order valence-electron chi connectivity index (χ2n) is 4.78. The van der Waals surface area contributed by atoms with E-state index in [0.717, 1.165) is 30.9 Å². The molecular weight excluding hydrogens is 200 g/mol. The highest BCUT2D eigenvalue weighted by atomic mass is 15.3. The van der Waals surface area contributed by atoms with Gasteiger partial charge in [0, 0.05) is 25.3 Å². The van der Waals surface area contributed by atoms with Gasteiger partial charge in [-0.2, -0.15) is 5.10 Å². The number of hydrogen-bond donors (Lipinski definition) is 1. The van der Waals surface area contributed by atoms with E-state index in [9.17, 15) is 0 Å². The van der Waals surface area contributed by atoms with E-state index in [4.69, 9.17) is 0 Å². The molecule has 2 fully saturated rings. The van der Waals surface area contributed by atoms with E-state index in [2.05, 4.69) is 26.5 Å². The van der Waals surface area contributed by atoms with E-state index < -0.39 is 0 Å². The molecule has 1 aromatic rings. The van der Waals surface area contributed by atoms with Crippen LogP contribution in [0.5, 0.6) is 0 Å². The van der Waals surface area contributed by atoms with Gasteiger partial charge in [-0.25, -0.2) is 0 Å². The summed E-state index contributed by atoms with van der Waals surface area (Å²) in [5, 5.41) is 11.8. The summed E-state index contributed by atoms with van der Waals surface area (Å²) in [4.78, 5) is 2.38. The lowest BCUT2D eigenvalue weighted by Crippen LogP contribution is -2.52. The molecule has 0 aromatic carbocycles. The van der Waals surface area contributed by atoms with Gasteiger partial charge >= 0.3 is 0 Å².